The molecule has 2 saturated carbocycles. The Hall–Kier alpha value is -2.53. The molecular formula is C22H21ClN2O3. The fourth-order valence-electron chi connectivity index (χ4n) is 4.71. The van der Waals surface area contributed by atoms with Crippen LogP contribution in [0.5, 0.6) is 11.5 Å². The van der Waals surface area contributed by atoms with Crippen molar-refractivity contribution in [2.45, 2.75) is 31.8 Å². The Morgan fingerprint density at radius 2 is 2.07 bits per heavy atom. The zero-order valence-corrected chi connectivity index (χ0v) is 16.3. The summed E-state index contributed by atoms with van der Waals surface area (Å²) in [5, 5.41) is 3.18. The molecule has 1 aromatic carbocycles. The first-order valence-corrected chi connectivity index (χ1v) is 10.0. The number of hydrogen-bond donors (Lipinski definition) is 1. The van der Waals surface area contributed by atoms with E-state index in [2.05, 4.69) is 10.3 Å². The van der Waals surface area contributed by atoms with Crippen LogP contribution in [-0.4, -0.2) is 24.1 Å². The van der Waals surface area contributed by atoms with Gasteiger partial charge in [-0.25, -0.2) is 4.98 Å². The van der Waals surface area contributed by atoms with Gasteiger partial charge in [0.15, 0.2) is 11.5 Å². The van der Waals surface area contributed by atoms with Gasteiger partial charge in [0.25, 0.3) is 5.91 Å². The predicted octanol–water partition coefficient (Wildman–Crippen LogP) is 4.80. The molecule has 5 rings (SSSR count). The van der Waals surface area contributed by atoms with Crippen LogP contribution in [0.1, 0.15) is 36.9 Å². The molecule has 2 fully saturated rings. The molecule has 5 nitrogen and oxygen atoms in total. The molecule has 2 aromatic rings. The number of aromatic nitrogens is 1. The summed E-state index contributed by atoms with van der Waals surface area (Å²) in [7, 11) is 1.65. The van der Waals surface area contributed by atoms with Crippen LogP contribution in [0, 0.1) is 11.8 Å². The molecule has 6 heteroatoms. The summed E-state index contributed by atoms with van der Waals surface area (Å²) in [6.45, 7) is 0. The minimum Gasteiger partial charge on any atom is -0.493 e. The van der Waals surface area contributed by atoms with E-state index in [0.717, 1.165) is 23.7 Å². The molecule has 2 bridgehead atoms. The van der Waals surface area contributed by atoms with Gasteiger partial charge >= 0.3 is 0 Å². The number of halogens is 1. The van der Waals surface area contributed by atoms with E-state index in [9.17, 15) is 4.79 Å². The lowest BCUT2D eigenvalue weighted by Gasteiger charge is -2.24. The van der Waals surface area contributed by atoms with Gasteiger partial charge in [0.05, 0.1) is 18.4 Å². The molecule has 1 aromatic heterocycles. The quantitative estimate of drug-likeness (QED) is 0.595. The number of carbonyl (C=O) groups excluding carboxylic acids is 1. The van der Waals surface area contributed by atoms with Crippen molar-refractivity contribution in [3.63, 3.8) is 0 Å². The molecule has 3 aliphatic rings. The van der Waals surface area contributed by atoms with Crippen molar-refractivity contribution in [2.75, 3.05) is 12.4 Å². The van der Waals surface area contributed by atoms with E-state index in [1.54, 1.807) is 19.2 Å². The smallest absolute Gasteiger partial charge is 0.258 e. The van der Waals surface area contributed by atoms with Gasteiger partial charge in [-0.05, 0) is 73.4 Å². The highest BCUT2D eigenvalue weighted by Gasteiger charge is 2.41. The zero-order valence-electron chi connectivity index (χ0n) is 15.6. The van der Waals surface area contributed by atoms with E-state index in [0.29, 0.717) is 33.8 Å². The third-order valence-corrected chi connectivity index (χ3v) is 6.27. The molecule has 28 heavy (non-hydrogen) atoms. The normalized spacial score (nSPS) is 26.4. The molecule has 3 atom stereocenters. The van der Waals surface area contributed by atoms with Crippen molar-refractivity contribution in [1.29, 1.82) is 0 Å². The van der Waals surface area contributed by atoms with Gasteiger partial charge in [0, 0.05) is 0 Å². The molecule has 1 amide bonds. The van der Waals surface area contributed by atoms with Gasteiger partial charge in [-0.1, -0.05) is 17.7 Å². The second-order valence-electron chi connectivity index (χ2n) is 7.78. The maximum atomic E-state index is 12.4. The fraction of sp³-hybridized carbons (Fsp3) is 0.364. The number of methoxy groups -OCH3 is 1. The maximum absolute atomic E-state index is 12.4. The van der Waals surface area contributed by atoms with E-state index >= 15 is 0 Å². The van der Waals surface area contributed by atoms with Gasteiger partial charge in [-0.2, -0.15) is 0 Å². The summed E-state index contributed by atoms with van der Waals surface area (Å²) in [5.74, 6) is 2.71. The first-order chi connectivity index (χ1) is 13.6. The Kier molecular flexibility index (Phi) is 4.27. The summed E-state index contributed by atoms with van der Waals surface area (Å²) in [6.07, 6.45) is 7.06. The van der Waals surface area contributed by atoms with Crippen molar-refractivity contribution < 1.29 is 14.3 Å². The summed E-state index contributed by atoms with van der Waals surface area (Å²) < 4.78 is 11.9. The summed E-state index contributed by atoms with van der Waals surface area (Å²) in [4.78, 5) is 16.7. The lowest BCUT2D eigenvalue weighted by Crippen LogP contribution is -2.23. The molecule has 0 saturated heterocycles. The van der Waals surface area contributed by atoms with Gasteiger partial charge < -0.3 is 14.8 Å². The second kappa shape index (κ2) is 6.82. The number of anilines is 1. The van der Waals surface area contributed by atoms with Crippen molar-refractivity contribution >= 4 is 34.8 Å². The number of rotatable bonds is 4. The summed E-state index contributed by atoms with van der Waals surface area (Å²) in [5.41, 5.74) is 2.60. The van der Waals surface area contributed by atoms with E-state index < -0.39 is 0 Å². The van der Waals surface area contributed by atoms with Crippen LogP contribution in [0.2, 0.25) is 5.15 Å². The number of pyridine rings is 1. The lowest BCUT2D eigenvalue weighted by atomic mass is 9.97. The molecule has 0 spiro atoms. The third kappa shape index (κ3) is 3.04. The van der Waals surface area contributed by atoms with E-state index in [4.69, 9.17) is 21.1 Å². The third-order valence-electron chi connectivity index (χ3n) is 6.06. The number of benzene rings is 1. The highest BCUT2D eigenvalue weighted by molar-refractivity contribution is 6.35. The minimum atomic E-state index is -0.184. The summed E-state index contributed by atoms with van der Waals surface area (Å²) >= 11 is 6.02. The Bertz CT molecular complexity index is 988. The average Bonchev–Trinajstić information content (AvgIpc) is 3.38. The summed E-state index contributed by atoms with van der Waals surface area (Å²) in [6, 6.07) is 9.16. The van der Waals surface area contributed by atoms with Crippen LogP contribution in [0.3, 0.4) is 0 Å². The van der Waals surface area contributed by atoms with Gasteiger partial charge in [0.1, 0.15) is 17.0 Å². The van der Waals surface area contributed by atoms with Crippen molar-refractivity contribution in [1.82, 2.24) is 4.98 Å². The molecule has 2 heterocycles. The van der Waals surface area contributed by atoms with E-state index in [1.807, 2.05) is 24.3 Å². The number of hydrogen-bond acceptors (Lipinski definition) is 4. The SMILES string of the molecule is COc1ccc(/C=C2/C(=O)Nc3ccc(Cl)nc32)cc1O[C@H]1C[C@@H]2CC[C@H]1C2. The monoisotopic (exact) mass is 396 g/mol. The Morgan fingerprint density at radius 3 is 2.82 bits per heavy atom. The van der Waals surface area contributed by atoms with Crippen LogP contribution in [0.25, 0.3) is 11.6 Å². The number of fused-ring (bicyclic) bond motifs is 3. The average molecular weight is 397 g/mol. The first-order valence-electron chi connectivity index (χ1n) is 9.65. The van der Waals surface area contributed by atoms with Gasteiger partial charge in [0.2, 0.25) is 0 Å². The largest absolute Gasteiger partial charge is 0.493 e. The fourth-order valence-corrected chi connectivity index (χ4v) is 4.86. The Labute approximate surface area is 168 Å². The highest BCUT2D eigenvalue weighted by Crippen LogP contribution is 2.47. The standard InChI is InChI=1S/C22H21ClN2O3/c1-27-17-6-3-13(11-19(17)28-18-10-12-2-4-14(18)8-12)9-15-21-16(24-22(15)26)5-7-20(23)25-21/h3,5-7,9,11-12,14,18H,2,4,8,10H2,1H3,(H,24,26)/b15-9+/t12-,14+,18+/m1/s1. The molecule has 2 aliphatic carbocycles. The van der Waals surface area contributed by atoms with Gasteiger partial charge in [-0.15, -0.1) is 0 Å². The van der Waals surface area contributed by atoms with Crippen LogP contribution < -0.4 is 14.8 Å². The molecular weight excluding hydrogens is 376 g/mol. The van der Waals surface area contributed by atoms with Crippen LogP contribution in [-0.2, 0) is 4.79 Å². The molecule has 0 unspecified atom stereocenters. The Morgan fingerprint density at radius 1 is 1.18 bits per heavy atom. The molecule has 1 aliphatic heterocycles. The van der Waals surface area contributed by atoms with Crippen molar-refractivity contribution in [3.8, 4) is 11.5 Å². The van der Waals surface area contributed by atoms with Crippen LogP contribution in [0.4, 0.5) is 5.69 Å². The number of carbonyl (C=O) groups is 1. The van der Waals surface area contributed by atoms with Crippen LogP contribution >= 0.6 is 11.6 Å². The Balaban J connectivity index is 1.47. The predicted molar refractivity (Wildman–Crippen MR) is 109 cm³/mol. The minimum absolute atomic E-state index is 0.184. The number of nitrogens with one attached hydrogen (secondary N) is 1. The first kappa shape index (κ1) is 17.6. The second-order valence-corrected chi connectivity index (χ2v) is 8.17. The molecule has 1 N–H and O–H groups in total. The van der Waals surface area contributed by atoms with Crippen LogP contribution in [0.15, 0.2) is 30.3 Å². The van der Waals surface area contributed by atoms with Crippen molar-refractivity contribution in [2.24, 2.45) is 11.8 Å². The lowest BCUT2D eigenvalue weighted by molar-refractivity contribution is -0.110. The molecule has 144 valence electrons. The van der Waals surface area contributed by atoms with E-state index in [-0.39, 0.29) is 12.0 Å². The molecule has 0 radical (unpaired) electrons. The van der Waals surface area contributed by atoms with Crippen molar-refractivity contribution in [3.05, 3.63) is 46.7 Å². The topological polar surface area (TPSA) is 60.5 Å². The van der Waals surface area contributed by atoms with Gasteiger partial charge in [-0.3, -0.25) is 4.79 Å². The maximum Gasteiger partial charge on any atom is 0.258 e. The van der Waals surface area contributed by atoms with E-state index in [1.165, 1.54) is 19.3 Å². The highest BCUT2D eigenvalue weighted by atomic mass is 35.5. The number of amides is 1. The number of ether oxygens (including phenoxy) is 2. The number of nitrogens with zero attached hydrogens (tertiary/aromatic N) is 1. The zero-order chi connectivity index (χ0) is 19.3.